The Hall–Kier alpha value is -4.78. The summed E-state index contributed by atoms with van der Waals surface area (Å²) in [4.78, 5) is 29.8. The molecule has 7 nitrogen and oxygen atoms in total. The third-order valence-corrected chi connectivity index (χ3v) is 7.07. The molecule has 7 heteroatoms. The highest BCUT2D eigenvalue weighted by Gasteiger charge is 2.44. The summed E-state index contributed by atoms with van der Waals surface area (Å²) in [6.07, 6.45) is 0. The van der Waals surface area contributed by atoms with Crippen LogP contribution in [0.25, 0.3) is 0 Å². The van der Waals surface area contributed by atoms with Gasteiger partial charge in [0.1, 0.15) is 17.2 Å². The molecule has 4 aromatic rings. The van der Waals surface area contributed by atoms with E-state index in [0.717, 1.165) is 11.1 Å². The van der Waals surface area contributed by atoms with E-state index in [9.17, 15) is 9.59 Å². The van der Waals surface area contributed by atoms with Crippen LogP contribution in [0.3, 0.4) is 0 Å². The zero-order chi connectivity index (χ0) is 27.4. The van der Waals surface area contributed by atoms with Crippen LogP contribution in [0, 0.1) is 0 Å². The maximum atomic E-state index is 14.1. The van der Waals surface area contributed by atoms with Crippen molar-refractivity contribution in [2.45, 2.75) is 18.5 Å². The lowest BCUT2D eigenvalue weighted by atomic mass is 9.78. The second-order valence-electron chi connectivity index (χ2n) is 9.19. The minimum Gasteiger partial charge on any atom is -0.497 e. The molecule has 0 spiro atoms. The fraction of sp³-hybridized carbons (Fsp3) is 0.188. The summed E-state index contributed by atoms with van der Waals surface area (Å²) in [5.74, 6) is 1.02. The van der Waals surface area contributed by atoms with Crippen molar-refractivity contribution in [2.24, 2.45) is 0 Å². The molecule has 4 aromatic carbocycles. The van der Waals surface area contributed by atoms with Gasteiger partial charge >= 0.3 is 0 Å². The van der Waals surface area contributed by atoms with Gasteiger partial charge in [-0.1, -0.05) is 48.5 Å². The number of hydrogen-bond donors (Lipinski definition) is 1. The Labute approximate surface area is 227 Å². The number of anilines is 1. The van der Waals surface area contributed by atoms with E-state index in [1.807, 2.05) is 91.0 Å². The Morgan fingerprint density at radius 3 is 2.05 bits per heavy atom. The molecule has 1 aliphatic heterocycles. The first-order chi connectivity index (χ1) is 19.0. The van der Waals surface area contributed by atoms with Crippen LogP contribution in [-0.4, -0.2) is 33.1 Å². The summed E-state index contributed by atoms with van der Waals surface area (Å²) in [6.45, 7) is 0.285. The standard InChI is InChI=1S/C32H30N2O5/c1-37-24-16-12-21(13-17-24)30-29(31(35)33-20-22-8-4-7-11-28(22)39-3)26-9-5-6-10-27(26)32(36)34(30)23-14-18-25(38-2)19-15-23/h4-19,29-30H,20H2,1-3H3,(H,33,35). The van der Waals surface area contributed by atoms with Gasteiger partial charge < -0.3 is 19.5 Å². The van der Waals surface area contributed by atoms with Gasteiger partial charge in [-0.05, 0) is 59.7 Å². The molecular weight excluding hydrogens is 492 g/mol. The number of nitrogens with one attached hydrogen (secondary N) is 1. The van der Waals surface area contributed by atoms with Gasteiger partial charge in [0.2, 0.25) is 5.91 Å². The number of benzene rings is 4. The van der Waals surface area contributed by atoms with E-state index in [-0.39, 0.29) is 18.4 Å². The molecule has 0 fully saturated rings. The molecule has 1 heterocycles. The van der Waals surface area contributed by atoms with Crippen molar-refractivity contribution in [1.29, 1.82) is 0 Å². The smallest absolute Gasteiger partial charge is 0.259 e. The van der Waals surface area contributed by atoms with Gasteiger partial charge in [-0.2, -0.15) is 0 Å². The molecule has 1 aliphatic rings. The zero-order valence-electron chi connectivity index (χ0n) is 22.1. The lowest BCUT2D eigenvalue weighted by molar-refractivity contribution is -0.123. The first kappa shape index (κ1) is 25.9. The Balaban J connectivity index is 1.62. The number of fused-ring (bicyclic) bond motifs is 1. The summed E-state index contributed by atoms with van der Waals surface area (Å²) in [5, 5.41) is 3.11. The van der Waals surface area contributed by atoms with Crippen LogP contribution in [0.15, 0.2) is 97.1 Å². The first-order valence-electron chi connectivity index (χ1n) is 12.7. The minimum absolute atomic E-state index is 0.176. The van der Waals surface area contributed by atoms with Gasteiger partial charge in [0.15, 0.2) is 0 Å². The predicted octanol–water partition coefficient (Wildman–Crippen LogP) is 5.51. The molecule has 0 saturated heterocycles. The largest absolute Gasteiger partial charge is 0.497 e. The number of methoxy groups -OCH3 is 3. The molecule has 2 atom stereocenters. The van der Waals surface area contributed by atoms with E-state index >= 15 is 0 Å². The van der Waals surface area contributed by atoms with Crippen LogP contribution >= 0.6 is 0 Å². The van der Waals surface area contributed by atoms with Gasteiger partial charge in [-0.15, -0.1) is 0 Å². The molecule has 0 aliphatic carbocycles. The summed E-state index contributed by atoms with van der Waals surface area (Å²) in [5.41, 5.74) is 3.52. The molecule has 2 amide bonds. The van der Waals surface area contributed by atoms with E-state index in [1.165, 1.54) is 0 Å². The number of ether oxygens (including phenoxy) is 3. The number of hydrogen-bond acceptors (Lipinski definition) is 5. The van der Waals surface area contributed by atoms with Crippen LogP contribution < -0.4 is 24.4 Å². The van der Waals surface area contributed by atoms with E-state index < -0.39 is 12.0 Å². The van der Waals surface area contributed by atoms with Gasteiger partial charge in [0, 0.05) is 23.4 Å². The van der Waals surface area contributed by atoms with E-state index in [1.54, 1.807) is 32.3 Å². The van der Waals surface area contributed by atoms with Crippen molar-refractivity contribution >= 4 is 17.5 Å². The molecular formula is C32H30N2O5. The maximum Gasteiger partial charge on any atom is 0.259 e. The van der Waals surface area contributed by atoms with Crippen molar-refractivity contribution in [3.63, 3.8) is 0 Å². The summed E-state index contributed by atoms with van der Waals surface area (Å²) in [6, 6.07) is 29.1. The third kappa shape index (κ3) is 5.03. The highest BCUT2D eigenvalue weighted by Crippen LogP contribution is 2.45. The molecule has 1 N–H and O–H groups in total. The monoisotopic (exact) mass is 522 g/mol. The Kier molecular flexibility index (Phi) is 7.50. The fourth-order valence-corrected chi connectivity index (χ4v) is 5.13. The van der Waals surface area contributed by atoms with E-state index in [4.69, 9.17) is 14.2 Å². The normalized spacial score (nSPS) is 16.3. The molecule has 198 valence electrons. The summed E-state index contributed by atoms with van der Waals surface area (Å²) in [7, 11) is 4.81. The number of carbonyl (C=O) groups is 2. The number of rotatable bonds is 8. The van der Waals surface area contributed by atoms with Gasteiger partial charge in [-0.25, -0.2) is 0 Å². The second-order valence-corrected chi connectivity index (χ2v) is 9.19. The lowest BCUT2D eigenvalue weighted by Gasteiger charge is -2.42. The van der Waals surface area contributed by atoms with E-state index in [2.05, 4.69) is 5.32 Å². The Morgan fingerprint density at radius 1 is 0.769 bits per heavy atom. The molecule has 0 bridgehead atoms. The van der Waals surface area contributed by atoms with Crippen molar-refractivity contribution < 1.29 is 23.8 Å². The van der Waals surface area contributed by atoms with Gasteiger partial charge in [0.25, 0.3) is 5.91 Å². The van der Waals surface area contributed by atoms with E-state index in [0.29, 0.717) is 34.1 Å². The Bertz CT molecular complexity index is 1470. The number of carbonyl (C=O) groups excluding carboxylic acids is 2. The lowest BCUT2D eigenvalue weighted by Crippen LogP contribution is -2.47. The van der Waals surface area contributed by atoms with Crippen LogP contribution in [0.2, 0.25) is 0 Å². The van der Waals surface area contributed by atoms with Crippen molar-refractivity contribution in [3.05, 3.63) is 119 Å². The fourth-order valence-electron chi connectivity index (χ4n) is 5.13. The van der Waals surface area contributed by atoms with Crippen molar-refractivity contribution in [1.82, 2.24) is 5.32 Å². The molecule has 2 unspecified atom stereocenters. The molecule has 0 saturated carbocycles. The maximum absolute atomic E-state index is 14.1. The summed E-state index contributed by atoms with van der Waals surface area (Å²) < 4.78 is 16.2. The summed E-state index contributed by atoms with van der Waals surface area (Å²) >= 11 is 0. The molecule has 0 radical (unpaired) electrons. The minimum atomic E-state index is -0.677. The zero-order valence-corrected chi connectivity index (χ0v) is 22.1. The topological polar surface area (TPSA) is 77.1 Å². The number of nitrogens with zero attached hydrogens (tertiary/aromatic N) is 1. The second kappa shape index (κ2) is 11.3. The van der Waals surface area contributed by atoms with Crippen molar-refractivity contribution in [2.75, 3.05) is 26.2 Å². The van der Waals surface area contributed by atoms with Crippen LogP contribution in [0.5, 0.6) is 17.2 Å². The molecule has 39 heavy (non-hydrogen) atoms. The average Bonchev–Trinajstić information content (AvgIpc) is 3.00. The third-order valence-electron chi connectivity index (χ3n) is 7.07. The predicted molar refractivity (Wildman–Crippen MR) is 150 cm³/mol. The Morgan fingerprint density at radius 2 is 1.38 bits per heavy atom. The van der Waals surface area contributed by atoms with Crippen molar-refractivity contribution in [3.8, 4) is 17.2 Å². The highest BCUT2D eigenvalue weighted by molar-refractivity contribution is 6.11. The first-order valence-corrected chi connectivity index (χ1v) is 12.7. The number of para-hydroxylation sites is 1. The van der Waals surface area contributed by atoms with Crippen LogP contribution in [-0.2, 0) is 11.3 Å². The highest BCUT2D eigenvalue weighted by atomic mass is 16.5. The average molecular weight is 523 g/mol. The van der Waals surface area contributed by atoms with Crippen LogP contribution in [0.4, 0.5) is 5.69 Å². The molecule has 5 rings (SSSR count). The SMILES string of the molecule is COc1ccc(C2C(C(=O)NCc3ccccc3OC)c3ccccc3C(=O)N2c2ccc(OC)cc2)cc1. The van der Waals surface area contributed by atoms with Crippen LogP contribution in [0.1, 0.15) is 39.0 Å². The molecule has 0 aromatic heterocycles. The van der Waals surface area contributed by atoms with Gasteiger partial charge in [-0.3, -0.25) is 14.5 Å². The quantitative estimate of drug-likeness (QED) is 0.330. The van der Waals surface area contributed by atoms with Gasteiger partial charge in [0.05, 0.1) is 33.3 Å². The number of amides is 2.